The van der Waals surface area contributed by atoms with Crippen LogP contribution in [-0.4, -0.2) is 52.7 Å². The molecule has 1 aromatic carbocycles. The van der Waals surface area contributed by atoms with Crippen LogP contribution in [0.1, 0.15) is 56.5 Å². The molecule has 1 aromatic heterocycles. The molecule has 1 saturated heterocycles. The lowest BCUT2D eigenvalue weighted by Gasteiger charge is -2.34. The van der Waals surface area contributed by atoms with Gasteiger partial charge in [0.25, 0.3) is 0 Å². The quantitative estimate of drug-likeness (QED) is 0.602. The number of nitrogens with one attached hydrogen (secondary N) is 1. The second-order valence-corrected chi connectivity index (χ2v) is 8.58. The number of hydrogen-bond donors (Lipinski definition) is 2. The van der Waals surface area contributed by atoms with Gasteiger partial charge in [-0.15, -0.1) is 0 Å². The van der Waals surface area contributed by atoms with Gasteiger partial charge in [0.15, 0.2) is 0 Å². The fourth-order valence-corrected chi connectivity index (χ4v) is 3.91. The van der Waals surface area contributed by atoms with Gasteiger partial charge in [-0.05, 0) is 63.6 Å². The number of aryl methyl sites for hydroxylation is 1. The number of carbonyl (C=O) groups is 2. The lowest BCUT2D eigenvalue weighted by molar-refractivity contribution is -0.139. The zero-order valence-electron chi connectivity index (χ0n) is 17.8. The largest absolute Gasteiger partial charge is 0.469 e. The van der Waals surface area contributed by atoms with Crippen molar-refractivity contribution in [2.75, 3.05) is 25.9 Å². The first-order chi connectivity index (χ1) is 13.6. The number of likely N-dealkylation sites (tertiary alicyclic amines) is 1. The van der Waals surface area contributed by atoms with Crippen LogP contribution in [-0.2, 0) is 20.7 Å². The number of imidazole rings is 1. The summed E-state index contributed by atoms with van der Waals surface area (Å²) in [4.78, 5) is 33.8. The number of nitrogens with two attached hydrogens (primary N) is 1. The Morgan fingerprint density at radius 2 is 1.97 bits per heavy atom. The molecule has 3 rings (SSSR count). The van der Waals surface area contributed by atoms with E-state index in [2.05, 4.69) is 9.97 Å². The van der Waals surface area contributed by atoms with Crippen LogP contribution in [0.25, 0.3) is 11.0 Å². The number of fused-ring (bicyclic) bond motifs is 1. The maximum Gasteiger partial charge on any atom is 0.410 e. The highest BCUT2D eigenvalue weighted by Gasteiger charge is 2.30. The Labute approximate surface area is 170 Å². The van der Waals surface area contributed by atoms with Gasteiger partial charge in [-0.1, -0.05) is 0 Å². The number of esters is 1. The number of methoxy groups -OCH3 is 1. The number of H-pyrrole nitrogens is 1. The summed E-state index contributed by atoms with van der Waals surface area (Å²) >= 11 is 0. The van der Waals surface area contributed by atoms with E-state index in [1.165, 1.54) is 7.11 Å². The SMILES string of the molecule is COC(=O)Cc1cc2[nH]c(C)nc2c(N)c1C1CCN(C(=O)OC(C)(C)C)CC1. The molecule has 0 aliphatic carbocycles. The Morgan fingerprint density at radius 3 is 2.55 bits per heavy atom. The summed E-state index contributed by atoms with van der Waals surface area (Å²) in [5, 5.41) is 0. The van der Waals surface area contributed by atoms with Crippen molar-refractivity contribution in [3.05, 3.63) is 23.0 Å². The Bertz CT molecular complexity index is 921. The third-order valence-corrected chi connectivity index (χ3v) is 5.18. The lowest BCUT2D eigenvalue weighted by atomic mass is 9.84. The first kappa shape index (κ1) is 21.0. The average Bonchev–Trinajstić information content (AvgIpc) is 3.01. The summed E-state index contributed by atoms with van der Waals surface area (Å²) < 4.78 is 10.4. The third kappa shape index (κ3) is 4.63. The summed E-state index contributed by atoms with van der Waals surface area (Å²) in [6.45, 7) is 8.61. The molecule has 8 nitrogen and oxygen atoms in total. The second kappa shape index (κ2) is 7.93. The van der Waals surface area contributed by atoms with Gasteiger partial charge in [-0.25, -0.2) is 9.78 Å². The standard InChI is InChI=1S/C21H30N4O4/c1-12-23-15-10-14(11-16(26)28-5)17(18(22)19(15)24-12)13-6-8-25(9-7-13)20(27)29-21(2,3)4/h10,13H,6-9,11,22H2,1-5H3,(H,23,24). The maximum atomic E-state index is 12.4. The molecular weight excluding hydrogens is 372 g/mol. The number of aromatic amines is 1. The molecule has 8 heteroatoms. The number of benzene rings is 1. The van der Waals surface area contributed by atoms with Gasteiger partial charge in [0.05, 0.1) is 24.7 Å². The molecular formula is C21H30N4O4. The molecule has 158 valence electrons. The van der Waals surface area contributed by atoms with Crippen LogP contribution >= 0.6 is 0 Å². The van der Waals surface area contributed by atoms with Gasteiger partial charge in [-0.2, -0.15) is 0 Å². The number of amides is 1. The number of hydrogen-bond acceptors (Lipinski definition) is 6. The highest BCUT2D eigenvalue weighted by molar-refractivity contribution is 5.92. The van der Waals surface area contributed by atoms with Gasteiger partial charge < -0.3 is 25.1 Å². The van der Waals surface area contributed by atoms with Crippen LogP contribution in [0.3, 0.4) is 0 Å². The van der Waals surface area contributed by atoms with E-state index < -0.39 is 5.60 Å². The highest BCUT2D eigenvalue weighted by Crippen LogP contribution is 2.38. The van der Waals surface area contributed by atoms with Gasteiger partial charge in [0, 0.05) is 13.1 Å². The number of nitrogen functional groups attached to an aromatic ring is 1. The zero-order chi connectivity index (χ0) is 21.3. The van der Waals surface area contributed by atoms with Crippen molar-refractivity contribution in [3.8, 4) is 0 Å². The van der Waals surface area contributed by atoms with E-state index in [0.717, 1.165) is 40.8 Å². The molecule has 2 aromatic rings. The summed E-state index contributed by atoms with van der Waals surface area (Å²) in [5.41, 5.74) is 9.93. The van der Waals surface area contributed by atoms with Gasteiger partial charge in [-0.3, -0.25) is 4.79 Å². The van der Waals surface area contributed by atoms with Crippen molar-refractivity contribution in [1.82, 2.24) is 14.9 Å². The van der Waals surface area contributed by atoms with E-state index in [4.69, 9.17) is 15.2 Å². The lowest BCUT2D eigenvalue weighted by Crippen LogP contribution is -2.41. The molecule has 2 heterocycles. The Kier molecular flexibility index (Phi) is 5.73. The minimum atomic E-state index is -0.519. The third-order valence-electron chi connectivity index (χ3n) is 5.18. The first-order valence-corrected chi connectivity index (χ1v) is 9.91. The predicted molar refractivity (Wildman–Crippen MR) is 111 cm³/mol. The van der Waals surface area contributed by atoms with Gasteiger partial charge in [0.1, 0.15) is 16.9 Å². The first-order valence-electron chi connectivity index (χ1n) is 9.91. The topological polar surface area (TPSA) is 111 Å². The van der Waals surface area contributed by atoms with Crippen LogP contribution in [0.2, 0.25) is 0 Å². The highest BCUT2D eigenvalue weighted by atomic mass is 16.6. The number of aromatic nitrogens is 2. The van der Waals surface area contributed by atoms with Crippen LogP contribution in [0.5, 0.6) is 0 Å². The summed E-state index contributed by atoms with van der Waals surface area (Å²) in [5.74, 6) is 0.592. The van der Waals surface area contributed by atoms with Crippen molar-refractivity contribution in [3.63, 3.8) is 0 Å². The molecule has 3 N–H and O–H groups in total. The number of nitrogens with zero attached hydrogens (tertiary/aromatic N) is 2. The summed E-state index contributed by atoms with van der Waals surface area (Å²) in [6, 6.07) is 1.94. The van der Waals surface area contributed by atoms with Crippen LogP contribution in [0.15, 0.2) is 6.07 Å². The monoisotopic (exact) mass is 402 g/mol. The van der Waals surface area contributed by atoms with Crippen molar-refractivity contribution in [2.24, 2.45) is 0 Å². The number of ether oxygens (including phenoxy) is 2. The summed E-state index contributed by atoms with van der Waals surface area (Å²) in [6.07, 6.45) is 1.34. The van der Waals surface area contributed by atoms with E-state index in [0.29, 0.717) is 18.8 Å². The number of carbonyl (C=O) groups excluding carboxylic acids is 2. The molecule has 0 atom stereocenters. The molecule has 29 heavy (non-hydrogen) atoms. The number of anilines is 1. The van der Waals surface area contributed by atoms with E-state index in [-0.39, 0.29) is 24.4 Å². The second-order valence-electron chi connectivity index (χ2n) is 8.58. The fourth-order valence-electron chi connectivity index (χ4n) is 3.91. The fraction of sp³-hybridized carbons (Fsp3) is 0.571. The van der Waals surface area contributed by atoms with Gasteiger partial charge >= 0.3 is 12.1 Å². The van der Waals surface area contributed by atoms with Crippen LogP contribution in [0.4, 0.5) is 10.5 Å². The molecule has 0 radical (unpaired) electrons. The predicted octanol–water partition coefficient (Wildman–Crippen LogP) is 3.28. The average molecular weight is 402 g/mol. The Hall–Kier alpha value is -2.77. The molecule has 1 aliphatic heterocycles. The molecule has 0 unspecified atom stereocenters. The van der Waals surface area contributed by atoms with Crippen LogP contribution in [0, 0.1) is 6.92 Å². The van der Waals surface area contributed by atoms with Crippen molar-refractivity contribution < 1.29 is 19.1 Å². The minimum absolute atomic E-state index is 0.134. The van der Waals surface area contributed by atoms with E-state index in [1.54, 1.807) is 4.90 Å². The smallest absolute Gasteiger partial charge is 0.410 e. The van der Waals surface area contributed by atoms with E-state index in [9.17, 15) is 9.59 Å². The maximum absolute atomic E-state index is 12.4. The Morgan fingerprint density at radius 1 is 1.31 bits per heavy atom. The molecule has 1 amide bonds. The molecule has 0 saturated carbocycles. The van der Waals surface area contributed by atoms with Crippen LogP contribution < -0.4 is 5.73 Å². The zero-order valence-corrected chi connectivity index (χ0v) is 17.8. The van der Waals surface area contributed by atoms with Crippen molar-refractivity contribution in [2.45, 2.75) is 58.5 Å². The molecule has 1 fully saturated rings. The van der Waals surface area contributed by atoms with E-state index >= 15 is 0 Å². The normalized spacial score (nSPS) is 15.6. The molecule has 0 spiro atoms. The minimum Gasteiger partial charge on any atom is -0.469 e. The van der Waals surface area contributed by atoms with Crippen molar-refractivity contribution >= 4 is 28.8 Å². The summed E-state index contributed by atoms with van der Waals surface area (Å²) in [7, 11) is 1.38. The number of piperidine rings is 1. The van der Waals surface area contributed by atoms with Gasteiger partial charge in [0.2, 0.25) is 0 Å². The molecule has 1 aliphatic rings. The Balaban J connectivity index is 1.87. The van der Waals surface area contributed by atoms with Crippen molar-refractivity contribution in [1.29, 1.82) is 0 Å². The molecule has 0 bridgehead atoms. The number of rotatable bonds is 3. The van der Waals surface area contributed by atoms with E-state index in [1.807, 2.05) is 33.8 Å².